The Balaban J connectivity index is 2.05. The molecule has 2 aromatic rings. The van der Waals surface area contributed by atoms with E-state index < -0.39 is 29.7 Å². The van der Waals surface area contributed by atoms with Gasteiger partial charge in [-0.05, 0) is 36.8 Å². The number of rotatable bonds is 7. The van der Waals surface area contributed by atoms with E-state index in [1.54, 1.807) is 31.2 Å². The van der Waals surface area contributed by atoms with Gasteiger partial charge in [-0.15, -0.1) is 0 Å². The van der Waals surface area contributed by atoms with Gasteiger partial charge in [-0.2, -0.15) is 0 Å². The molecular weight excluding hydrogens is 410 g/mol. The number of amides is 2. The molecule has 3 rings (SSSR count). The standard InChI is InChI=1S/C22H22F2N2O5/c1-4-30-21(27)19-17(12-31-18-9-8-14(23)11-16(18)24)26(2)22(28)25-20(19)13-6-5-7-15(10-13)29-3/h5-11,20H,4,12H2,1-3H3,(H,25,28)/t20-/m0/s1. The largest absolute Gasteiger partial charge is 0.497 e. The Kier molecular flexibility index (Phi) is 6.74. The van der Waals surface area contributed by atoms with E-state index in [0.29, 0.717) is 17.4 Å². The Hall–Kier alpha value is -3.62. The van der Waals surface area contributed by atoms with Gasteiger partial charge >= 0.3 is 12.0 Å². The zero-order valence-electron chi connectivity index (χ0n) is 17.3. The van der Waals surface area contributed by atoms with Crippen molar-refractivity contribution in [1.82, 2.24) is 10.2 Å². The van der Waals surface area contributed by atoms with Crippen LogP contribution in [0, 0.1) is 11.6 Å². The molecular formula is C22H22F2N2O5. The van der Waals surface area contributed by atoms with Gasteiger partial charge in [0.25, 0.3) is 0 Å². The van der Waals surface area contributed by atoms with Crippen molar-refractivity contribution in [3.63, 3.8) is 0 Å². The fraction of sp³-hybridized carbons (Fsp3) is 0.273. The van der Waals surface area contributed by atoms with Gasteiger partial charge in [-0.3, -0.25) is 4.90 Å². The van der Waals surface area contributed by atoms with Crippen LogP contribution in [0.2, 0.25) is 0 Å². The lowest BCUT2D eigenvalue weighted by Crippen LogP contribution is -2.48. The number of urea groups is 1. The number of nitrogens with one attached hydrogen (secondary N) is 1. The van der Waals surface area contributed by atoms with Crippen molar-refractivity contribution in [2.24, 2.45) is 0 Å². The highest BCUT2D eigenvalue weighted by Gasteiger charge is 2.37. The second-order valence-corrected chi connectivity index (χ2v) is 6.66. The highest BCUT2D eigenvalue weighted by molar-refractivity contribution is 5.95. The molecule has 0 saturated heterocycles. The molecule has 1 aliphatic heterocycles. The van der Waals surface area contributed by atoms with Crippen LogP contribution in [-0.2, 0) is 9.53 Å². The van der Waals surface area contributed by atoms with Crippen LogP contribution >= 0.6 is 0 Å². The van der Waals surface area contributed by atoms with Crippen molar-refractivity contribution in [3.05, 3.63) is 70.9 Å². The SMILES string of the molecule is CCOC(=O)C1=C(COc2ccc(F)cc2F)N(C)C(=O)N[C@H]1c1cccc(OC)c1. The molecule has 2 aromatic carbocycles. The minimum absolute atomic E-state index is 0.117. The summed E-state index contributed by atoms with van der Waals surface area (Å²) >= 11 is 0. The Labute approximate surface area is 178 Å². The van der Waals surface area contributed by atoms with Crippen LogP contribution in [0.25, 0.3) is 0 Å². The second kappa shape index (κ2) is 9.46. The summed E-state index contributed by atoms with van der Waals surface area (Å²) in [6, 6.07) is 8.43. The van der Waals surface area contributed by atoms with Crippen LogP contribution < -0.4 is 14.8 Å². The monoisotopic (exact) mass is 432 g/mol. The minimum Gasteiger partial charge on any atom is -0.497 e. The van der Waals surface area contributed by atoms with Crippen molar-refractivity contribution in [2.45, 2.75) is 13.0 Å². The molecule has 0 spiro atoms. The number of carbonyl (C=O) groups excluding carboxylic acids is 2. The van der Waals surface area contributed by atoms with E-state index >= 15 is 0 Å². The predicted molar refractivity (Wildman–Crippen MR) is 108 cm³/mol. The number of esters is 1. The number of hydrogen-bond acceptors (Lipinski definition) is 5. The molecule has 1 heterocycles. The molecule has 0 radical (unpaired) electrons. The van der Waals surface area contributed by atoms with Gasteiger partial charge in [0.15, 0.2) is 11.6 Å². The molecule has 1 N–H and O–H groups in total. The first-order valence-electron chi connectivity index (χ1n) is 9.51. The summed E-state index contributed by atoms with van der Waals surface area (Å²) in [5, 5.41) is 2.76. The first kappa shape index (κ1) is 22.1. The third-order valence-electron chi connectivity index (χ3n) is 4.76. The molecule has 31 heavy (non-hydrogen) atoms. The molecule has 1 aliphatic rings. The fourth-order valence-corrected chi connectivity index (χ4v) is 3.19. The maximum atomic E-state index is 14.0. The van der Waals surface area contributed by atoms with Gasteiger partial charge in [0, 0.05) is 13.1 Å². The number of likely N-dealkylation sites (N-methyl/N-ethyl adjacent to an activating group) is 1. The molecule has 0 saturated carbocycles. The molecule has 164 valence electrons. The highest BCUT2D eigenvalue weighted by Crippen LogP contribution is 2.33. The number of carbonyl (C=O) groups is 2. The van der Waals surface area contributed by atoms with Gasteiger partial charge in [0.05, 0.1) is 31.0 Å². The summed E-state index contributed by atoms with van der Waals surface area (Å²) in [4.78, 5) is 26.7. The van der Waals surface area contributed by atoms with Crippen LogP contribution in [0.5, 0.6) is 11.5 Å². The number of methoxy groups -OCH3 is 1. The summed E-state index contributed by atoms with van der Waals surface area (Å²) in [6.07, 6.45) is 0. The topological polar surface area (TPSA) is 77.1 Å². The molecule has 2 amide bonds. The quantitative estimate of drug-likeness (QED) is 0.677. The molecule has 1 atom stereocenters. The Morgan fingerprint density at radius 2 is 1.97 bits per heavy atom. The van der Waals surface area contributed by atoms with Crippen molar-refractivity contribution in [2.75, 3.05) is 27.4 Å². The maximum Gasteiger partial charge on any atom is 0.338 e. The van der Waals surface area contributed by atoms with Gasteiger partial charge in [-0.25, -0.2) is 18.4 Å². The molecule has 7 nitrogen and oxygen atoms in total. The van der Waals surface area contributed by atoms with E-state index in [2.05, 4.69) is 5.32 Å². The van der Waals surface area contributed by atoms with Crippen molar-refractivity contribution >= 4 is 12.0 Å². The van der Waals surface area contributed by atoms with Crippen molar-refractivity contribution in [1.29, 1.82) is 0 Å². The number of ether oxygens (including phenoxy) is 3. The van der Waals surface area contributed by atoms with Crippen molar-refractivity contribution in [3.8, 4) is 11.5 Å². The lowest BCUT2D eigenvalue weighted by Gasteiger charge is -2.34. The molecule has 0 fully saturated rings. The molecule has 0 unspecified atom stereocenters. The van der Waals surface area contributed by atoms with Gasteiger partial charge in [-0.1, -0.05) is 12.1 Å². The van der Waals surface area contributed by atoms with E-state index in [1.165, 1.54) is 19.1 Å². The summed E-state index contributed by atoms with van der Waals surface area (Å²) in [6.45, 7) is 1.46. The summed E-state index contributed by atoms with van der Waals surface area (Å²) in [5.41, 5.74) is 0.924. The van der Waals surface area contributed by atoms with E-state index in [1.807, 2.05) is 0 Å². The van der Waals surface area contributed by atoms with E-state index in [-0.39, 0.29) is 30.2 Å². The molecule has 9 heteroatoms. The summed E-state index contributed by atoms with van der Waals surface area (Å²) in [5.74, 6) is -1.97. The fourth-order valence-electron chi connectivity index (χ4n) is 3.19. The maximum absolute atomic E-state index is 14.0. The summed E-state index contributed by atoms with van der Waals surface area (Å²) in [7, 11) is 2.96. The highest BCUT2D eigenvalue weighted by atomic mass is 19.1. The number of halogens is 2. The molecule has 0 aliphatic carbocycles. The third kappa shape index (κ3) is 4.76. The summed E-state index contributed by atoms with van der Waals surface area (Å²) < 4.78 is 43.1. The number of nitrogens with zero attached hydrogens (tertiary/aromatic N) is 1. The zero-order valence-corrected chi connectivity index (χ0v) is 17.3. The third-order valence-corrected chi connectivity index (χ3v) is 4.76. The predicted octanol–water partition coefficient (Wildman–Crippen LogP) is 3.57. The van der Waals surface area contributed by atoms with Crippen LogP contribution in [0.1, 0.15) is 18.5 Å². The first-order chi connectivity index (χ1) is 14.8. The van der Waals surface area contributed by atoms with Crippen LogP contribution in [0.15, 0.2) is 53.7 Å². The van der Waals surface area contributed by atoms with E-state index in [9.17, 15) is 18.4 Å². The second-order valence-electron chi connectivity index (χ2n) is 6.66. The Morgan fingerprint density at radius 1 is 1.19 bits per heavy atom. The Morgan fingerprint density at radius 3 is 2.65 bits per heavy atom. The smallest absolute Gasteiger partial charge is 0.338 e. The van der Waals surface area contributed by atoms with E-state index in [4.69, 9.17) is 14.2 Å². The first-order valence-corrected chi connectivity index (χ1v) is 9.51. The lowest BCUT2D eigenvalue weighted by atomic mass is 9.94. The van der Waals surface area contributed by atoms with Gasteiger partial charge in [0.2, 0.25) is 0 Å². The number of hydrogen-bond donors (Lipinski definition) is 1. The lowest BCUT2D eigenvalue weighted by molar-refractivity contribution is -0.139. The average Bonchev–Trinajstić information content (AvgIpc) is 2.75. The minimum atomic E-state index is -0.898. The average molecular weight is 432 g/mol. The van der Waals surface area contributed by atoms with Crippen LogP contribution in [-0.4, -0.2) is 44.3 Å². The molecule has 0 aromatic heterocycles. The van der Waals surface area contributed by atoms with E-state index in [0.717, 1.165) is 12.1 Å². The van der Waals surface area contributed by atoms with Gasteiger partial charge in [0.1, 0.15) is 18.2 Å². The normalized spacial score (nSPS) is 16.1. The molecule has 0 bridgehead atoms. The van der Waals surface area contributed by atoms with Crippen LogP contribution in [0.3, 0.4) is 0 Å². The Bertz CT molecular complexity index is 1020. The van der Waals surface area contributed by atoms with Crippen LogP contribution in [0.4, 0.5) is 13.6 Å². The van der Waals surface area contributed by atoms with Crippen molar-refractivity contribution < 1.29 is 32.6 Å². The zero-order chi connectivity index (χ0) is 22.5. The van der Waals surface area contributed by atoms with Gasteiger partial charge < -0.3 is 19.5 Å². The number of benzene rings is 2.